The van der Waals surface area contributed by atoms with Gasteiger partial charge < -0.3 is 9.62 Å². The molecule has 3 rings (SSSR count). The van der Waals surface area contributed by atoms with Gasteiger partial charge in [0, 0.05) is 38.4 Å². The topological polar surface area (TPSA) is 52.7 Å². The Hall–Kier alpha value is -3.31. The highest BCUT2D eigenvalue weighted by atomic mass is 32.1. The molecule has 1 amide bonds. The summed E-state index contributed by atoms with van der Waals surface area (Å²) in [7, 11) is 0. The van der Waals surface area contributed by atoms with Crippen LogP contribution in [0.2, 0.25) is 0 Å². The Morgan fingerprint density at radius 2 is 1.45 bits per heavy atom. The molecule has 0 bridgehead atoms. The summed E-state index contributed by atoms with van der Waals surface area (Å²) < 4.78 is 2.79. The molecule has 0 atom stereocenters. The summed E-state index contributed by atoms with van der Waals surface area (Å²) in [5, 5.41) is 0. The van der Waals surface area contributed by atoms with Gasteiger partial charge >= 0.3 is 0 Å². The van der Waals surface area contributed by atoms with Gasteiger partial charge in [-0.05, 0) is 73.2 Å². The Bertz CT molecular complexity index is 995. The van der Waals surface area contributed by atoms with Crippen molar-refractivity contribution in [3.8, 4) is 0 Å². The molecule has 1 fully saturated rings. The predicted octanol–water partition coefficient (Wildman–Crippen LogP) is 7.46. The van der Waals surface area contributed by atoms with Crippen molar-refractivity contribution in [2.75, 3.05) is 37.4 Å². The third kappa shape index (κ3) is 18.1. The van der Waals surface area contributed by atoms with E-state index in [1.54, 1.807) is 11.0 Å². The van der Waals surface area contributed by atoms with Gasteiger partial charge in [-0.25, -0.2) is 4.79 Å². The second-order valence-electron chi connectivity index (χ2n) is 8.68. The van der Waals surface area contributed by atoms with Crippen LogP contribution in [0, 0.1) is 13.8 Å². The van der Waals surface area contributed by atoms with Gasteiger partial charge in [0.05, 0.1) is 0 Å². The highest BCUT2D eigenvalue weighted by Crippen LogP contribution is 2.14. The van der Waals surface area contributed by atoms with E-state index in [1.165, 1.54) is 33.8 Å². The van der Waals surface area contributed by atoms with E-state index in [2.05, 4.69) is 106 Å². The number of carbonyl (C=O) groups excluding carboxylic acids is 2. The second-order valence-corrected chi connectivity index (χ2v) is 8.90. The van der Waals surface area contributed by atoms with E-state index in [-0.39, 0.29) is 0 Å². The van der Waals surface area contributed by atoms with Gasteiger partial charge in [-0.1, -0.05) is 102 Å². The van der Waals surface area contributed by atoms with Gasteiger partial charge in [0.15, 0.2) is 0 Å². The number of nitrogens with zero attached hydrogens (tertiary/aromatic N) is 2. The predicted molar refractivity (Wildman–Crippen MR) is 179 cm³/mol. The number of allylic oxidation sites excluding steroid dienone is 2. The lowest BCUT2D eigenvalue weighted by molar-refractivity contribution is -0.119. The minimum absolute atomic E-state index is 0.821. The largest absolute Gasteiger partial charge is 0.343 e. The molecule has 0 aromatic heterocycles. The number of thiol groups is 1. The smallest absolute Gasteiger partial charge is 0.209 e. The highest BCUT2D eigenvalue weighted by molar-refractivity contribution is 7.81. The Morgan fingerprint density at radius 1 is 0.950 bits per heavy atom. The number of aryl methyl sites for hydroxylation is 4. The van der Waals surface area contributed by atoms with Crippen molar-refractivity contribution in [2.24, 2.45) is 0 Å². The summed E-state index contributed by atoms with van der Waals surface area (Å²) in [5.74, 6) is 1.25. The zero-order valence-electron chi connectivity index (χ0n) is 25.6. The first-order valence-electron chi connectivity index (χ1n) is 13.9. The number of hydrogen-bond donors (Lipinski definition) is 2. The summed E-state index contributed by atoms with van der Waals surface area (Å²) in [6.45, 7) is 27.1. The molecule has 40 heavy (non-hydrogen) atoms. The first-order chi connectivity index (χ1) is 19.3. The van der Waals surface area contributed by atoms with Crippen molar-refractivity contribution < 1.29 is 9.59 Å². The molecule has 2 aromatic carbocycles. The molecular formula is C34H51N3O2S. The fraction of sp³-hybridized carbons (Fsp3) is 0.382. The van der Waals surface area contributed by atoms with Gasteiger partial charge in [0.25, 0.3) is 0 Å². The number of piperazine rings is 1. The monoisotopic (exact) mass is 565 g/mol. The maximum absolute atomic E-state index is 10.5. The van der Waals surface area contributed by atoms with Crippen molar-refractivity contribution in [1.82, 2.24) is 9.80 Å². The summed E-state index contributed by atoms with van der Waals surface area (Å²) in [4.78, 5) is 23.2. The summed E-state index contributed by atoms with van der Waals surface area (Å²) in [5.41, 5.74) is 7.68. The third-order valence-electron chi connectivity index (χ3n) is 6.03. The lowest BCUT2D eigenvalue weighted by atomic mass is 10.1. The van der Waals surface area contributed by atoms with Gasteiger partial charge in [-0.2, -0.15) is 0 Å². The molecule has 1 N–H and O–H groups in total. The Morgan fingerprint density at radius 3 is 1.80 bits per heavy atom. The Balaban J connectivity index is 0. The van der Waals surface area contributed by atoms with Gasteiger partial charge in [0.2, 0.25) is 6.41 Å². The van der Waals surface area contributed by atoms with E-state index >= 15 is 0 Å². The molecule has 0 aliphatic carbocycles. The van der Waals surface area contributed by atoms with E-state index in [0.717, 1.165) is 57.7 Å². The van der Waals surface area contributed by atoms with Crippen LogP contribution in [0.5, 0.6) is 0 Å². The van der Waals surface area contributed by atoms with Crippen LogP contribution in [0.25, 0.3) is 0 Å². The number of rotatable bonds is 8. The SMILES string of the molecule is C=C/C=C(\C=C)CN1CCN(C=O)CC1.C=C=O.CC.CCc1ccc(CC)cc1.Cc1ccc(NS)cc1C. The second kappa shape index (κ2) is 25.9. The molecule has 0 saturated carbocycles. The molecule has 2 aromatic rings. The lowest BCUT2D eigenvalue weighted by Crippen LogP contribution is -2.46. The van der Waals surface area contributed by atoms with E-state index in [4.69, 9.17) is 4.79 Å². The summed E-state index contributed by atoms with van der Waals surface area (Å²) >= 11 is 3.94. The molecule has 5 nitrogen and oxygen atoms in total. The fourth-order valence-electron chi connectivity index (χ4n) is 3.44. The van der Waals surface area contributed by atoms with Crippen molar-refractivity contribution in [3.05, 3.63) is 108 Å². The van der Waals surface area contributed by atoms with Crippen molar-refractivity contribution >= 4 is 30.9 Å². The van der Waals surface area contributed by atoms with Gasteiger partial charge in [0.1, 0.15) is 5.94 Å². The van der Waals surface area contributed by atoms with Gasteiger partial charge in [-0.3, -0.25) is 9.69 Å². The molecule has 0 unspecified atom stereocenters. The Labute approximate surface area is 249 Å². The first-order valence-corrected chi connectivity index (χ1v) is 14.3. The van der Waals surface area contributed by atoms with E-state index in [0.29, 0.717) is 0 Å². The zero-order chi connectivity index (χ0) is 30.8. The maximum Gasteiger partial charge on any atom is 0.209 e. The standard InChI is InChI=1S/C12H18N2O.C10H14.C8H11NS.C2H2O.C2H6/c1-3-5-12(4-2)10-13-6-8-14(11-15)9-7-13;1-3-9-5-7-10(4-2)8-6-9;1-6-3-4-8(9-10)5-7(6)2;1-2-3;1-2/h3-5,11H,1-2,6-10H2;5-8H,3-4H2,1-2H3;3-5,9-10H,1-2H3;1H2;1-2H3/b12-5+;;;;. The van der Waals surface area contributed by atoms with Crippen molar-refractivity contribution in [3.63, 3.8) is 0 Å². The summed E-state index contributed by atoms with van der Waals surface area (Å²) in [6, 6.07) is 15.0. The maximum atomic E-state index is 10.5. The molecule has 0 radical (unpaired) electrons. The molecule has 220 valence electrons. The van der Waals surface area contributed by atoms with Crippen LogP contribution in [0.3, 0.4) is 0 Å². The third-order valence-corrected chi connectivity index (χ3v) is 6.29. The number of benzene rings is 2. The molecule has 1 saturated heterocycles. The van der Waals surface area contributed by atoms with Crippen LogP contribution in [0.1, 0.15) is 49.9 Å². The molecule has 1 aliphatic rings. The van der Waals surface area contributed by atoms with Gasteiger partial charge in [-0.15, -0.1) is 0 Å². The molecular weight excluding hydrogens is 514 g/mol. The quantitative estimate of drug-likeness (QED) is 0.151. The van der Waals surface area contributed by atoms with E-state index in [9.17, 15) is 4.79 Å². The first kappa shape index (κ1) is 38.8. The normalized spacial score (nSPS) is 12.2. The molecule has 1 heterocycles. The number of carbonyl (C=O) groups is 1. The zero-order valence-corrected chi connectivity index (χ0v) is 26.5. The van der Waals surface area contributed by atoms with Crippen LogP contribution in [-0.2, 0) is 22.4 Å². The van der Waals surface area contributed by atoms with E-state index < -0.39 is 0 Å². The van der Waals surface area contributed by atoms with Crippen LogP contribution >= 0.6 is 12.8 Å². The number of amides is 1. The van der Waals surface area contributed by atoms with E-state index in [1.807, 2.05) is 32.1 Å². The molecule has 0 spiro atoms. The average Bonchev–Trinajstić information content (AvgIpc) is 3.00. The molecule has 6 heteroatoms. The van der Waals surface area contributed by atoms with Crippen LogP contribution in [0.4, 0.5) is 5.69 Å². The summed E-state index contributed by atoms with van der Waals surface area (Å²) in [6.07, 6.45) is 8.81. The molecule has 1 aliphatic heterocycles. The number of nitrogens with one attached hydrogen (secondary N) is 1. The van der Waals surface area contributed by atoms with Crippen LogP contribution in [-0.4, -0.2) is 54.9 Å². The number of anilines is 1. The number of hydrogen-bond acceptors (Lipinski definition) is 5. The lowest BCUT2D eigenvalue weighted by Gasteiger charge is -2.32. The fourth-order valence-corrected chi connectivity index (χ4v) is 3.58. The minimum atomic E-state index is 0.821. The minimum Gasteiger partial charge on any atom is -0.343 e. The van der Waals surface area contributed by atoms with Crippen LogP contribution < -0.4 is 4.72 Å². The Kier molecular flexibility index (Phi) is 25.2. The van der Waals surface area contributed by atoms with Crippen molar-refractivity contribution in [1.29, 1.82) is 0 Å². The van der Waals surface area contributed by atoms with Crippen LogP contribution in [0.15, 0.2) is 86.0 Å². The average molecular weight is 566 g/mol. The highest BCUT2D eigenvalue weighted by Gasteiger charge is 2.15. The van der Waals surface area contributed by atoms with Crippen molar-refractivity contribution in [2.45, 2.75) is 54.4 Å².